The third-order valence-corrected chi connectivity index (χ3v) is 4.10. The molecule has 4 rings (SSSR count). The van der Waals surface area contributed by atoms with E-state index in [0.29, 0.717) is 6.04 Å². The van der Waals surface area contributed by atoms with Gasteiger partial charge in [0.1, 0.15) is 5.75 Å². The molecule has 98 valence electrons. The van der Waals surface area contributed by atoms with E-state index in [0.717, 1.165) is 24.8 Å². The van der Waals surface area contributed by atoms with Crippen LogP contribution >= 0.6 is 0 Å². The van der Waals surface area contributed by atoms with Crippen LogP contribution in [0.15, 0.2) is 24.3 Å². The van der Waals surface area contributed by atoms with Crippen molar-refractivity contribution in [1.29, 1.82) is 0 Å². The minimum absolute atomic E-state index is 0.668. The van der Waals surface area contributed by atoms with E-state index in [4.69, 9.17) is 4.74 Å². The van der Waals surface area contributed by atoms with Gasteiger partial charge < -0.3 is 15.0 Å². The van der Waals surface area contributed by atoms with Gasteiger partial charge in [-0.25, -0.2) is 0 Å². The maximum absolute atomic E-state index is 5.50. The van der Waals surface area contributed by atoms with Crippen LogP contribution in [0, 0.1) is 5.92 Å². The summed E-state index contributed by atoms with van der Waals surface area (Å²) in [6, 6.07) is 9.24. The molecule has 3 aliphatic rings. The van der Waals surface area contributed by atoms with Crippen LogP contribution in [-0.4, -0.2) is 32.3 Å². The smallest absolute Gasteiger partial charge is 0.119 e. The van der Waals surface area contributed by atoms with Crippen molar-refractivity contribution in [3.8, 4) is 5.75 Å². The second-order valence-electron chi connectivity index (χ2n) is 5.33. The van der Waals surface area contributed by atoms with Crippen molar-refractivity contribution in [2.45, 2.75) is 25.8 Å². The first-order valence-electron chi connectivity index (χ1n) is 7.07. The zero-order valence-electron chi connectivity index (χ0n) is 11.1. The molecule has 3 heteroatoms. The fourth-order valence-corrected chi connectivity index (χ4v) is 3.15. The summed E-state index contributed by atoms with van der Waals surface area (Å²) in [4.78, 5) is 2.57. The minimum atomic E-state index is 0.668. The Kier molecular flexibility index (Phi) is 3.41. The quantitative estimate of drug-likeness (QED) is 0.885. The van der Waals surface area contributed by atoms with Crippen molar-refractivity contribution in [2.75, 3.05) is 31.1 Å². The predicted molar refractivity (Wildman–Crippen MR) is 74.3 cm³/mol. The van der Waals surface area contributed by atoms with E-state index in [-0.39, 0.29) is 0 Å². The van der Waals surface area contributed by atoms with Gasteiger partial charge in [-0.15, -0.1) is 0 Å². The van der Waals surface area contributed by atoms with Crippen molar-refractivity contribution >= 4 is 5.69 Å². The average molecular weight is 246 g/mol. The molecule has 1 N–H and O–H groups in total. The number of hydrogen-bond acceptors (Lipinski definition) is 3. The molecule has 0 aromatic heterocycles. The molecule has 0 spiro atoms. The lowest BCUT2D eigenvalue weighted by Crippen LogP contribution is -2.43. The standard InChI is InChI=1S/C15H22N2O/c1-2-18-15-7-5-13(6-8-15)17-11-12-3-4-14(17)10-16-9-12/h5-8,12,14,16H,2-4,9-11H2,1H3/t12-,14-/m0/s1. The lowest BCUT2D eigenvalue weighted by Gasteiger charge is -2.38. The van der Waals surface area contributed by atoms with Gasteiger partial charge in [-0.3, -0.25) is 0 Å². The Labute approximate surface area is 109 Å². The number of benzene rings is 1. The van der Waals surface area contributed by atoms with E-state index < -0.39 is 0 Å². The Morgan fingerprint density at radius 3 is 2.83 bits per heavy atom. The molecule has 0 aliphatic carbocycles. The van der Waals surface area contributed by atoms with Crippen molar-refractivity contribution in [1.82, 2.24) is 5.32 Å². The maximum atomic E-state index is 5.50. The molecule has 1 aromatic rings. The number of hydrogen-bond donors (Lipinski definition) is 1. The molecular weight excluding hydrogens is 224 g/mol. The van der Waals surface area contributed by atoms with Gasteiger partial charge in [0.05, 0.1) is 6.61 Å². The van der Waals surface area contributed by atoms with Crippen LogP contribution in [0.25, 0.3) is 0 Å². The van der Waals surface area contributed by atoms with Crippen LogP contribution in [0.5, 0.6) is 5.75 Å². The largest absolute Gasteiger partial charge is 0.494 e. The van der Waals surface area contributed by atoms with Crippen molar-refractivity contribution < 1.29 is 4.74 Å². The van der Waals surface area contributed by atoms with Crippen LogP contribution in [0.4, 0.5) is 5.69 Å². The average Bonchev–Trinajstić information content (AvgIpc) is 2.75. The molecule has 3 aliphatic heterocycles. The molecule has 3 saturated heterocycles. The molecule has 3 heterocycles. The number of nitrogens with one attached hydrogen (secondary N) is 1. The third-order valence-electron chi connectivity index (χ3n) is 4.10. The molecule has 2 bridgehead atoms. The Morgan fingerprint density at radius 1 is 1.22 bits per heavy atom. The normalized spacial score (nSPS) is 27.1. The summed E-state index contributed by atoms with van der Waals surface area (Å²) in [7, 11) is 0. The molecule has 0 radical (unpaired) electrons. The highest BCUT2D eigenvalue weighted by Gasteiger charge is 2.31. The van der Waals surface area contributed by atoms with Crippen LogP contribution in [0.2, 0.25) is 0 Å². The van der Waals surface area contributed by atoms with E-state index in [1.165, 1.54) is 31.6 Å². The highest BCUT2D eigenvalue weighted by atomic mass is 16.5. The SMILES string of the molecule is CCOc1ccc(N2C[C@H]3CC[C@H]2CNC3)cc1. The fourth-order valence-electron chi connectivity index (χ4n) is 3.15. The van der Waals surface area contributed by atoms with Crippen LogP contribution in [-0.2, 0) is 0 Å². The summed E-state index contributed by atoms with van der Waals surface area (Å²) in [6.07, 6.45) is 2.70. The van der Waals surface area contributed by atoms with Gasteiger partial charge in [-0.1, -0.05) is 0 Å². The first-order valence-corrected chi connectivity index (χ1v) is 7.07. The van der Waals surface area contributed by atoms with E-state index in [9.17, 15) is 0 Å². The van der Waals surface area contributed by atoms with Crippen LogP contribution < -0.4 is 15.0 Å². The van der Waals surface area contributed by atoms with Gasteiger partial charge in [-0.2, -0.15) is 0 Å². The molecule has 0 unspecified atom stereocenters. The number of anilines is 1. The topological polar surface area (TPSA) is 24.5 Å². The van der Waals surface area contributed by atoms with E-state index in [1.54, 1.807) is 0 Å². The summed E-state index contributed by atoms with van der Waals surface area (Å²) < 4.78 is 5.50. The molecule has 0 amide bonds. The van der Waals surface area contributed by atoms with Crippen molar-refractivity contribution in [3.63, 3.8) is 0 Å². The van der Waals surface area contributed by atoms with Crippen molar-refractivity contribution in [2.24, 2.45) is 5.92 Å². The van der Waals surface area contributed by atoms with Crippen LogP contribution in [0.3, 0.4) is 0 Å². The number of rotatable bonds is 3. The number of fused-ring (bicyclic) bond motifs is 4. The molecule has 1 aromatic carbocycles. The maximum Gasteiger partial charge on any atom is 0.119 e. The third kappa shape index (κ3) is 2.32. The summed E-state index contributed by atoms with van der Waals surface area (Å²) in [5.41, 5.74) is 1.34. The molecule has 3 fully saturated rings. The molecule has 3 nitrogen and oxygen atoms in total. The highest BCUT2D eigenvalue weighted by molar-refractivity contribution is 5.50. The lowest BCUT2D eigenvalue weighted by atomic mass is 9.94. The van der Waals surface area contributed by atoms with Gasteiger partial charge in [0.2, 0.25) is 0 Å². The van der Waals surface area contributed by atoms with E-state index in [2.05, 4.69) is 34.5 Å². The zero-order valence-corrected chi connectivity index (χ0v) is 11.1. The first kappa shape index (κ1) is 11.8. The summed E-state index contributed by atoms with van der Waals surface area (Å²) >= 11 is 0. The highest BCUT2D eigenvalue weighted by Crippen LogP contribution is 2.30. The summed E-state index contributed by atoms with van der Waals surface area (Å²) in [6.45, 7) is 6.27. The van der Waals surface area contributed by atoms with Crippen LogP contribution in [0.1, 0.15) is 19.8 Å². The monoisotopic (exact) mass is 246 g/mol. The number of nitrogens with zero attached hydrogens (tertiary/aromatic N) is 1. The minimum Gasteiger partial charge on any atom is -0.494 e. The second-order valence-corrected chi connectivity index (χ2v) is 5.33. The number of piperidine rings is 1. The fraction of sp³-hybridized carbons (Fsp3) is 0.600. The van der Waals surface area contributed by atoms with Crippen molar-refractivity contribution in [3.05, 3.63) is 24.3 Å². The van der Waals surface area contributed by atoms with Gasteiger partial charge >= 0.3 is 0 Å². The zero-order chi connectivity index (χ0) is 12.4. The Bertz CT molecular complexity index is 386. The Hall–Kier alpha value is -1.22. The molecule has 2 atom stereocenters. The first-order chi connectivity index (χ1) is 8.86. The van der Waals surface area contributed by atoms with Gasteiger partial charge in [-0.05, 0) is 56.5 Å². The molecule has 0 saturated carbocycles. The Balaban J connectivity index is 1.77. The summed E-state index contributed by atoms with van der Waals surface area (Å²) in [5, 5.41) is 3.57. The molecular formula is C15H22N2O. The Morgan fingerprint density at radius 2 is 2.06 bits per heavy atom. The van der Waals surface area contributed by atoms with E-state index in [1.807, 2.05) is 6.92 Å². The molecule has 18 heavy (non-hydrogen) atoms. The van der Waals surface area contributed by atoms with Gasteiger partial charge in [0, 0.05) is 24.8 Å². The predicted octanol–water partition coefficient (Wildman–Crippen LogP) is 2.27. The van der Waals surface area contributed by atoms with Gasteiger partial charge in [0.15, 0.2) is 0 Å². The second kappa shape index (κ2) is 5.19. The lowest BCUT2D eigenvalue weighted by molar-refractivity contribution is 0.340. The van der Waals surface area contributed by atoms with Gasteiger partial charge in [0.25, 0.3) is 0 Å². The summed E-state index contributed by atoms with van der Waals surface area (Å²) in [5.74, 6) is 1.79. The van der Waals surface area contributed by atoms with E-state index >= 15 is 0 Å². The number of ether oxygens (including phenoxy) is 1.